The van der Waals surface area contributed by atoms with Gasteiger partial charge in [-0.3, -0.25) is 9.59 Å². The maximum absolute atomic E-state index is 10.9. The smallest absolute Gasteiger partial charge is 0.323 e. The highest BCUT2D eigenvalue weighted by atomic mass is 16.4. The molecule has 1 aliphatic rings. The quantitative estimate of drug-likeness (QED) is 0.802. The van der Waals surface area contributed by atoms with Crippen LogP contribution < -0.4 is 9.80 Å². The highest BCUT2D eigenvalue weighted by Gasteiger charge is 2.14. The molecule has 6 nitrogen and oxygen atoms in total. The zero-order valence-electron chi connectivity index (χ0n) is 12.6. The second-order valence-corrected chi connectivity index (χ2v) is 5.52. The molecule has 0 spiro atoms. The van der Waals surface area contributed by atoms with Crippen LogP contribution >= 0.6 is 0 Å². The van der Waals surface area contributed by atoms with Crippen molar-refractivity contribution in [1.29, 1.82) is 0 Å². The van der Waals surface area contributed by atoms with Crippen LogP contribution in [0.15, 0.2) is 24.3 Å². The fraction of sp³-hybridized carbons (Fsp3) is 0.500. The van der Waals surface area contributed by atoms with Crippen molar-refractivity contribution >= 4 is 23.3 Å². The van der Waals surface area contributed by atoms with Crippen molar-refractivity contribution in [3.8, 4) is 0 Å². The summed E-state index contributed by atoms with van der Waals surface area (Å²) in [6.07, 6.45) is 3.59. The third-order valence-electron chi connectivity index (χ3n) is 3.86. The third kappa shape index (κ3) is 4.65. The lowest BCUT2D eigenvalue weighted by molar-refractivity contribution is -0.138. The molecule has 2 N–H and O–H groups in total. The predicted molar refractivity (Wildman–Crippen MR) is 84.6 cm³/mol. The van der Waals surface area contributed by atoms with Crippen molar-refractivity contribution in [3.05, 3.63) is 24.3 Å². The van der Waals surface area contributed by atoms with Gasteiger partial charge in [-0.25, -0.2) is 0 Å². The van der Waals surface area contributed by atoms with Gasteiger partial charge in [-0.05, 0) is 43.5 Å². The number of carbonyl (C=O) groups is 2. The second kappa shape index (κ2) is 7.68. The van der Waals surface area contributed by atoms with Gasteiger partial charge in [0.1, 0.15) is 6.54 Å². The largest absolute Gasteiger partial charge is 0.481 e. The number of carboxylic acid groups (broad SMARTS) is 2. The molecule has 0 aromatic heterocycles. The summed E-state index contributed by atoms with van der Waals surface area (Å²) >= 11 is 0. The van der Waals surface area contributed by atoms with Gasteiger partial charge in [-0.15, -0.1) is 0 Å². The van der Waals surface area contributed by atoms with Crippen molar-refractivity contribution in [2.24, 2.45) is 0 Å². The van der Waals surface area contributed by atoms with Crippen LogP contribution in [0.3, 0.4) is 0 Å². The van der Waals surface area contributed by atoms with Crippen LogP contribution in [0.2, 0.25) is 0 Å². The Labute approximate surface area is 130 Å². The maximum atomic E-state index is 10.9. The van der Waals surface area contributed by atoms with E-state index >= 15 is 0 Å². The van der Waals surface area contributed by atoms with E-state index in [0.29, 0.717) is 0 Å². The Morgan fingerprint density at radius 3 is 2.18 bits per heavy atom. The number of nitrogens with zero attached hydrogens (tertiary/aromatic N) is 2. The van der Waals surface area contributed by atoms with Gasteiger partial charge in [0.2, 0.25) is 0 Å². The van der Waals surface area contributed by atoms with Gasteiger partial charge in [-0.1, -0.05) is 0 Å². The lowest BCUT2D eigenvalue weighted by Gasteiger charge is -2.29. The Morgan fingerprint density at radius 2 is 1.64 bits per heavy atom. The molecule has 1 aliphatic heterocycles. The van der Waals surface area contributed by atoms with Gasteiger partial charge >= 0.3 is 11.9 Å². The first-order chi connectivity index (χ1) is 10.6. The summed E-state index contributed by atoms with van der Waals surface area (Å²) in [5.41, 5.74) is 1.88. The van der Waals surface area contributed by atoms with Crippen LogP contribution in [0.25, 0.3) is 0 Å². The summed E-state index contributed by atoms with van der Waals surface area (Å²) < 4.78 is 0. The van der Waals surface area contributed by atoms with E-state index in [0.717, 1.165) is 24.5 Å². The van der Waals surface area contributed by atoms with Crippen molar-refractivity contribution in [3.63, 3.8) is 0 Å². The number of hydrogen-bond acceptors (Lipinski definition) is 4. The number of hydrogen-bond donors (Lipinski definition) is 2. The Morgan fingerprint density at radius 1 is 1.00 bits per heavy atom. The lowest BCUT2D eigenvalue weighted by atomic mass is 10.1. The number of aliphatic carboxylic acids is 2. The molecule has 0 saturated carbocycles. The average molecular weight is 306 g/mol. The summed E-state index contributed by atoms with van der Waals surface area (Å²) in [5, 5.41) is 17.7. The Bertz CT molecular complexity index is 509. The fourth-order valence-corrected chi connectivity index (χ4v) is 2.72. The average Bonchev–Trinajstić information content (AvgIpc) is 2.52. The Balaban J connectivity index is 2.06. The minimum atomic E-state index is -0.967. The van der Waals surface area contributed by atoms with Crippen LogP contribution in [0, 0.1) is 0 Å². The molecule has 1 heterocycles. The van der Waals surface area contributed by atoms with E-state index in [9.17, 15) is 9.59 Å². The van der Waals surface area contributed by atoms with E-state index in [1.54, 1.807) is 4.90 Å². The van der Waals surface area contributed by atoms with E-state index < -0.39 is 11.9 Å². The first-order valence-electron chi connectivity index (χ1n) is 7.60. The van der Waals surface area contributed by atoms with Gasteiger partial charge in [0.15, 0.2) is 0 Å². The minimum Gasteiger partial charge on any atom is -0.481 e. The first-order valence-corrected chi connectivity index (χ1v) is 7.60. The topological polar surface area (TPSA) is 81.1 Å². The molecular formula is C16H22N2O4. The molecule has 0 unspecified atom stereocenters. The minimum absolute atomic E-state index is 0.0822. The van der Waals surface area contributed by atoms with Gasteiger partial charge < -0.3 is 20.0 Å². The molecule has 0 aliphatic carbocycles. The summed E-state index contributed by atoms with van der Waals surface area (Å²) in [6, 6.07) is 7.70. The molecule has 1 aromatic carbocycles. The SMILES string of the molecule is O=C(O)CCN(CC(=O)O)c1ccc(N2CCCCC2)cc1. The molecule has 1 aromatic rings. The molecule has 0 radical (unpaired) electrons. The van der Waals surface area contributed by atoms with Gasteiger partial charge in [0.05, 0.1) is 6.42 Å². The lowest BCUT2D eigenvalue weighted by Crippen LogP contribution is -2.32. The number of benzene rings is 1. The molecule has 1 fully saturated rings. The van der Waals surface area contributed by atoms with Crippen molar-refractivity contribution < 1.29 is 19.8 Å². The van der Waals surface area contributed by atoms with E-state index in [1.165, 1.54) is 19.3 Å². The van der Waals surface area contributed by atoms with Crippen LogP contribution in [0.1, 0.15) is 25.7 Å². The van der Waals surface area contributed by atoms with Crippen molar-refractivity contribution in [2.45, 2.75) is 25.7 Å². The molecule has 0 amide bonds. The summed E-state index contributed by atoms with van der Waals surface area (Å²) in [5.74, 6) is -1.90. The predicted octanol–water partition coefficient (Wildman–Crippen LogP) is 2.04. The zero-order chi connectivity index (χ0) is 15.9. The van der Waals surface area contributed by atoms with Crippen LogP contribution in [0.5, 0.6) is 0 Å². The van der Waals surface area contributed by atoms with Crippen LogP contribution in [-0.4, -0.2) is 48.3 Å². The normalized spacial score (nSPS) is 14.6. The van der Waals surface area contributed by atoms with Gasteiger partial charge in [0, 0.05) is 31.0 Å². The molecule has 6 heteroatoms. The van der Waals surface area contributed by atoms with Gasteiger partial charge in [0.25, 0.3) is 0 Å². The molecule has 2 rings (SSSR count). The van der Waals surface area contributed by atoms with E-state index in [1.807, 2.05) is 24.3 Å². The Hall–Kier alpha value is -2.24. The number of piperidine rings is 1. The molecule has 1 saturated heterocycles. The zero-order valence-corrected chi connectivity index (χ0v) is 12.6. The second-order valence-electron chi connectivity index (χ2n) is 5.52. The third-order valence-corrected chi connectivity index (χ3v) is 3.86. The molecule has 22 heavy (non-hydrogen) atoms. The molecule has 120 valence electrons. The van der Waals surface area contributed by atoms with Gasteiger partial charge in [-0.2, -0.15) is 0 Å². The monoisotopic (exact) mass is 306 g/mol. The van der Waals surface area contributed by atoms with E-state index in [-0.39, 0.29) is 19.5 Å². The summed E-state index contributed by atoms with van der Waals surface area (Å²) in [4.78, 5) is 25.6. The number of rotatable bonds is 7. The van der Waals surface area contributed by atoms with Crippen LogP contribution in [0.4, 0.5) is 11.4 Å². The molecule has 0 bridgehead atoms. The number of anilines is 2. The van der Waals surface area contributed by atoms with Crippen molar-refractivity contribution in [2.75, 3.05) is 36.0 Å². The van der Waals surface area contributed by atoms with E-state index in [2.05, 4.69) is 4.90 Å². The number of carboxylic acids is 2. The fourth-order valence-electron chi connectivity index (χ4n) is 2.72. The van der Waals surface area contributed by atoms with Crippen molar-refractivity contribution in [1.82, 2.24) is 0 Å². The summed E-state index contributed by atoms with van der Waals surface area (Å²) in [6.45, 7) is 2.09. The maximum Gasteiger partial charge on any atom is 0.323 e. The molecular weight excluding hydrogens is 284 g/mol. The standard InChI is InChI=1S/C16H22N2O4/c19-15(20)8-11-18(12-16(21)22)14-6-4-13(5-7-14)17-9-2-1-3-10-17/h4-7H,1-3,8-12H2,(H,19,20)(H,21,22). The van der Waals surface area contributed by atoms with E-state index in [4.69, 9.17) is 10.2 Å². The first kappa shape index (κ1) is 16.1. The Kier molecular flexibility index (Phi) is 5.63. The summed E-state index contributed by atoms with van der Waals surface area (Å²) in [7, 11) is 0. The highest BCUT2D eigenvalue weighted by Crippen LogP contribution is 2.23. The van der Waals surface area contributed by atoms with Crippen LogP contribution in [-0.2, 0) is 9.59 Å². The highest BCUT2D eigenvalue weighted by molar-refractivity contribution is 5.75. The molecule has 0 atom stereocenters.